The number of phosphoric ester groups is 1. The van der Waals surface area contributed by atoms with Crippen LogP contribution in [-0.4, -0.2) is 73.7 Å². The first-order valence-electron chi connectivity index (χ1n) is 9.90. The highest BCUT2D eigenvalue weighted by atomic mass is 32.1. The van der Waals surface area contributed by atoms with Crippen LogP contribution >= 0.6 is 35.7 Å². The number of ether oxygens (including phenoxy) is 1. The van der Waals surface area contributed by atoms with Crippen LogP contribution in [0.1, 0.15) is 20.1 Å². The van der Waals surface area contributed by atoms with Crippen LogP contribution in [0.2, 0.25) is 0 Å². The van der Waals surface area contributed by atoms with E-state index in [1.807, 2.05) is 0 Å². The SMILES string of the molecule is CC#CC1(O)C(CO)[C@@H]([C@@H](C)OP(=O)(O)OP(=O)(O)OP(=O)(O)O)O[C@H]1n1cnc2c(=S)[nH]c(N)nc21. The fourth-order valence-corrected chi connectivity index (χ4v) is 7.23. The number of imidazole rings is 1. The molecule has 0 saturated carbocycles. The minimum absolute atomic E-state index is 0.0699. The number of H-pyrrole nitrogens is 1. The lowest BCUT2D eigenvalue weighted by Gasteiger charge is -2.29. The van der Waals surface area contributed by atoms with Gasteiger partial charge in [-0.1, -0.05) is 18.1 Å². The van der Waals surface area contributed by atoms with Gasteiger partial charge in [-0.3, -0.25) is 9.09 Å². The van der Waals surface area contributed by atoms with Crippen LogP contribution in [0.5, 0.6) is 0 Å². The normalized spacial score (nSPS) is 28.3. The quantitative estimate of drug-likeness (QED) is 0.107. The molecule has 18 nitrogen and oxygen atoms in total. The summed E-state index contributed by atoms with van der Waals surface area (Å²) in [4.78, 5) is 47.4. The Morgan fingerprint density at radius 1 is 1.30 bits per heavy atom. The summed E-state index contributed by atoms with van der Waals surface area (Å²) in [5.41, 5.74) is 3.81. The van der Waals surface area contributed by atoms with Gasteiger partial charge in [0.15, 0.2) is 17.5 Å². The molecule has 9 N–H and O–H groups in total. The molecule has 0 aromatic carbocycles. The predicted octanol–water partition coefficient (Wildman–Crippen LogP) is 0.0632. The highest BCUT2D eigenvalue weighted by Gasteiger charge is 2.58. The Morgan fingerprint density at radius 2 is 1.95 bits per heavy atom. The Bertz CT molecular complexity index is 1450. The second-order valence-electron chi connectivity index (χ2n) is 7.62. The third kappa shape index (κ3) is 6.53. The van der Waals surface area contributed by atoms with Crippen molar-refractivity contribution in [3.8, 4) is 11.8 Å². The van der Waals surface area contributed by atoms with Crippen molar-refractivity contribution in [2.45, 2.75) is 37.9 Å². The molecule has 4 unspecified atom stereocenters. The monoisotopic (exact) mass is 605 g/mol. The fraction of sp³-hybridized carbons (Fsp3) is 0.533. The van der Waals surface area contributed by atoms with E-state index < -0.39 is 60.0 Å². The number of anilines is 1. The number of aliphatic hydroxyl groups excluding tert-OH is 1. The highest BCUT2D eigenvalue weighted by Crippen LogP contribution is 2.67. The van der Waals surface area contributed by atoms with Crippen molar-refractivity contribution in [3.05, 3.63) is 11.0 Å². The van der Waals surface area contributed by atoms with Gasteiger partial charge in [0.2, 0.25) is 5.95 Å². The zero-order valence-electron chi connectivity index (χ0n) is 18.8. The van der Waals surface area contributed by atoms with E-state index in [0.717, 1.165) is 6.92 Å². The Kier molecular flexibility index (Phi) is 8.53. The zero-order valence-corrected chi connectivity index (χ0v) is 22.3. The van der Waals surface area contributed by atoms with Crippen LogP contribution in [0, 0.1) is 22.4 Å². The molecule has 206 valence electrons. The molecule has 1 saturated heterocycles. The Balaban J connectivity index is 1.97. The molecule has 1 aliphatic rings. The number of hydrogen-bond donors (Lipinski definition) is 8. The number of aromatic amines is 1. The topological polar surface area (TPSA) is 282 Å². The van der Waals surface area contributed by atoms with Gasteiger partial charge in [0, 0.05) is 0 Å². The second kappa shape index (κ2) is 10.5. The van der Waals surface area contributed by atoms with E-state index in [9.17, 15) is 33.7 Å². The molecule has 2 aromatic heterocycles. The van der Waals surface area contributed by atoms with E-state index in [0.29, 0.717) is 0 Å². The van der Waals surface area contributed by atoms with Gasteiger partial charge in [-0.2, -0.15) is 13.6 Å². The lowest BCUT2D eigenvalue weighted by Crippen LogP contribution is -2.45. The van der Waals surface area contributed by atoms with Crippen molar-refractivity contribution < 1.29 is 61.4 Å². The Labute approximate surface area is 212 Å². The van der Waals surface area contributed by atoms with Gasteiger partial charge in [-0.15, -0.1) is 5.92 Å². The van der Waals surface area contributed by atoms with Crippen molar-refractivity contribution in [1.29, 1.82) is 0 Å². The molecule has 0 radical (unpaired) electrons. The average molecular weight is 605 g/mol. The molecular weight excluding hydrogens is 583 g/mol. The summed E-state index contributed by atoms with van der Waals surface area (Å²) in [5, 5.41) is 21.6. The van der Waals surface area contributed by atoms with Gasteiger partial charge in [0.25, 0.3) is 0 Å². The standard InChI is InChI=1S/C15H22N5O13P3S/c1-3-4-15(22)8(5-21)10(7(2)31-35(26,27)33-36(28,29)32-34(23,24)25)30-13(15)20-6-17-9-11(20)18-14(16)19-12(9)37/h6-8,10,13,21-22H,5H2,1-2H3,(H,26,27)(H,28,29)(H2,23,24,25)(H3,16,18,19,37)/t7-,8?,10-,13-,15?/m1/s1. The molecule has 0 amide bonds. The molecule has 37 heavy (non-hydrogen) atoms. The van der Waals surface area contributed by atoms with E-state index in [1.165, 1.54) is 17.8 Å². The molecular formula is C15H22N5O13P3S. The molecule has 3 rings (SSSR count). The number of nitrogens with zero attached hydrogens (tertiary/aromatic N) is 3. The fourth-order valence-electron chi connectivity index (χ4n) is 3.78. The van der Waals surface area contributed by atoms with E-state index in [-0.39, 0.29) is 21.8 Å². The summed E-state index contributed by atoms with van der Waals surface area (Å²) < 4.78 is 54.2. The second-order valence-corrected chi connectivity index (χ2v) is 12.4. The smallest absolute Gasteiger partial charge is 0.396 e. The lowest BCUT2D eigenvalue weighted by molar-refractivity contribution is -0.0831. The number of nitrogen functional groups attached to an aromatic ring is 1. The Hall–Kier alpha value is -1.58. The summed E-state index contributed by atoms with van der Waals surface area (Å²) in [6, 6.07) is 0. The van der Waals surface area contributed by atoms with Crippen molar-refractivity contribution >= 4 is 52.8 Å². The molecule has 1 aliphatic heterocycles. The summed E-state index contributed by atoms with van der Waals surface area (Å²) in [6.45, 7) is 1.73. The lowest BCUT2D eigenvalue weighted by atomic mass is 9.84. The molecule has 22 heteroatoms. The first-order chi connectivity index (χ1) is 16.9. The first-order valence-corrected chi connectivity index (χ1v) is 14.8. The Morgan fingerprint density at radius 3 is 2.51 bits per heavy atom. The summed E-state index contributed by atoms with van der Waals surface area (Å²) >= 11 is 5.17. The average Bonchev–Trinajstić information content (AvgIpc) is 3.23. The van der Waals surface area contributed by atoms with E-state index in [2.05, 4.69) is 35.4 Å². The molecule has 3 heterocycles. The molecule has 2 aromatic rings. The minimum atomic E-state index is -5.78. The molecule has 7 atom stereocenters. The molecule has 0 bridgehead atoms. The van der Waals surface area contributed by atoms with E-state index >= 15 is 0 Å². The third-order valence-electron chi connectivity index (χ3n) is 5.03. The minimum Gasteiger partial charge on any atom is -0.396 e. The number of nitrogens with one attached hydrogen (secondary N) is 1. The van der Waals surface area contributed by atoms with Crippen molar-refractivity contribution in [2.75, 3.05) is 12.3 Å². The van der Waals surface area contributed by atoms with Crippen LogP contribution in [0.3, 0.4) is 0 Å². The van der Waals surface area contributed by atoms with Gasteiger partial charge in [-0.25, -0.2) is 18.7 Å². The number of aliphatic hydroxyl groups is 2. The maximum Gasteiger partial charge on any atom is 0.490 e. The largest absolute Gasteiger partial charge is 0.490 e. The first kappa shape index (κ1) is 30.0. The van der Waals surface area contributed by atoms with E-state index in [4.69, 9.17) is 37.0 Å². The zero-order chi connectivity index (χ0) is 28.0. The summed E-state index contributed by atoms with van der Waals surface area (Å²) in [5.74, 6) is 3.64. The van der Waals surface area contributed by atoms with Crippen LogP contribution in [0.4, 0.5) is 5.95 Å². The molecule has 0 spiro atoms. The van der Waals surface area contributed by atoms with Gasteiger partial charge >= 0.3 is 23.5 Å². The van der Waals surface area contributed by atoms with E-state index in [1.54, 1.807) is 0 Å². The summed E-state index contributed by atoms with van der Waals surface area (Å²) in [6.07, 6.45) is -3.26. The van der Waals surface area contributed by atoms with Crippen molar-refractivity contribution in [3.63, 3.8) is 0 Å². The van der Waals surface area contributed by atoms with Crippen LogP contribution in [0.25, 0.3) is 11.2 Å². The van der Waals surface area contributed by atoms with Gasteiger partial charge in [0.1, 0.15) is 10.2 Å². The maximum atomic E-state index is 12.3. The van der Waals surface area contributed by atoms with Crippen LogP contribution in [-0.2, 0) is 31.6 Å². The van der Waals surface area contributed by atoms with Gasteiger partial charge in [-0.05, 0) is 13.8 Å². The maximum absolute atomic E-state index is 12.3. The van der Waals surface area contributed by atoms with Crippen molar-refractivity contribution in [1.82, 2.24) is 19.5 Å². The number of nitrogens with two attached hydrogens (primary N) is 1. The number of aromatic nitrogens is 4. The predicted molar refractivity (Wildman–Crippen MR) is 124 cm³/mol. The van der Waals surface area contributed by atoms with Crippen molar-refractivity contribution in [2.24, 2.45) is 5.92 Å². The molecule has 0 aliphatic carbocycles. The number of rotatable bonds is 9. The van der Waals surface area contributed by atoms with Gasteiger partial charge < -0.3 is 45.2 Å². The van der Waals surface area contributed by atoms with Gasteiger partial charge in [0.05, 0.1) is 31.1 Å². The highest BCUT2D eigenvalue weighted by molar-refractivity contribution is 7.71. The number of phosphoric acid groups is 3. The third-order valence-corrected chi connectivity index (χ3v) is 9.25. The summed E-state index contributed by atoms with van der Waals surface area (Å²) in [7, 11) is -16.9. The number of fused-ring (bicyclic) bond motifs is 1. The van der Waals surface area contributed by atoms with Crippen LogP contribution < -0.4 is 5.73 Å². The number of hydrogen-bond acceptors (Lipinski definition) is 13. The van der Waals surface area contributed by atoms with Crippen LogP contribution in [0.15, 0.2) is 6.33 Å². The molecule has 1 fully saturated rings.